The number of halogens is 1. The highest BCUT2D eigenvalue weighted by Crippen LogP contribution is 2.19. The molecule has 2 heterocycles. The Morgan fingerprint density at radius 3 is 2.74 bits per heavy atom. The Kier molecular flexibility index (Phi) is 4.01. The largest absolute Gasteiger partial charge is 0.308 e. The maximum Gasteiger partial charge on any atom is 0.230 e. The van der Waals surface area contributed by atoms with Crippen LogP contribution in [0.25, 0.3) is 0 Å². The number of rotatable bonds is 5. The number of hydrogen-bond donors (Lipinski definition) is 0. The summed E-state index contributed by atoms with van der Waals surface area (Å²) in [6.45, 7) is 1.39. The van der Waals surface area contributed by atoms with Crippen molar-refractivity contribution in [3.05, 3.63) is 34.9 Å². The van der Waals surface area contributed by atoms with E-state index in [4.69, 9.17) is 11.6 Å². The molecule has 2 rings (SSSR count). The van der Waals surface area contributed by atoms with Gasteiger partial charge in [0.1, 0.15) is 11.4 Å². The van der Waals surface area contributed by atoms with Gasteiger partial charge in [0, 0.05) is 19.8 Å². The number of ketones is 1. The molecule has 6 nitrogen and oxygen atoms in total. The molecule has 102 valence electrons. The highest BCUT2D eigenvalue weighted by Gasteiger charge is 2.21. The molecule has 0 aliphatic heterocycles. The summed E-state index contributed by atoms with van der Waals surface area (Å²) >= 11 is 6.08. The first-order valence-corrected chi connectivity index (χ1v) is 6.27. The van der Waals surface area contributed by atoms with Crippen molar-refractivity contribution >= 4 is 17.4 Å². The number of aromatic nitrogens is 4. The van der Waals surface area contributed by atoms with E-state index in [1.165, 1.54) is 10.9 Å². The van der Waals surface area contributed by atoms with Gasteiger partial charge in [-0.3, -0.25) is 14.2 Å². The number of carbonyl (C=O) groups excluding carboxylic acids is 1. The fourth-order valence-electron chi connectivity index (χ4n) is 1.77. The molecule has 0 aromatic carbocycles. The molecule has 0 spiro atoms. The van der Waals surface area contributed by atoms with Crippen LogP contribution in [0.2, 0.25) is 5.02 Å². The summed E-state index contributed by atoms with van der Waals surface area (Å²) < 4.78 is 3.17. The fourth-order valence-corrected chi connectivity index (χ4v) is 2.00. The lowest BCUT2D eigenvalue weighted by Crippen LogP contribution is -2.22. The number of carbonyl (C=O) groups is 1. The molecule has 7 heteroatoms. The SMILES string of the molecule is CN(C)CCn1ncc(Cl)c1C(=O)c1ccnn1C. The number of likely N-dealkylation sites (N-methyl/N-ethyl adjacent to an activating group) is 1. The van der Waals surface area contributed by atoms with Gasteiger partial charge in [0.2, 0.25) is 5.78 Å². The summed E-state index contributed by atoms with van der Waals surface area (Å²) in [6.07, 6.45) is 3.09. The fraction of sp³-hybridized carbons (Fsp3) is 0.417. The molecular weight excluding hydrogens is 266 g/mol. The summed E-state index contributed by atoms with van der Waals surface area (Å²) in [6, 6.07) is 1.67. The minimum absolute atomic E-state index is 0.166. The molecule has 2 aromatic rings. The van der Waals surface area contributed by atoms with Crippen molar-refractivity contribution in [2.45, 2.75) is 6.54 Å². The standard InChI is InChI=1S/C12H16ClN5O/c1-16(2)6-7-18-11(9(13)8-15-18)12(19)10-4-5-14-17(10)3/h4-5,8H,6-7H2,1-3H3. The summed E-state index contributed by atoms with van der Waals surface area (Å²) in [7, 11) is 5.66. The van der Waals surface area contributed by atoms with Gasteiger partial charge in [-0.15, -0.1) is 0 Å². The Morgan fingerprint density at radius 2 is 2.16 bits per heavy atom. The molecule has 0 saturated heterocycles. The van der Waals surface area contributed by atoms with Gasteiger partial charge < -0.3 is 4.90 Å². The van der Waals surface area contributed by atoms with Crippen LogP contribution < -0.4 is 0 Å². The monoisotopic (exact) mass is 281 g/mol. The van der Waals surface area contributed by atoms with Crippen molar-refractivity contribution in [1.29, 1.82) is 0 Å². The summed E-state index contributed by atoms with van der Waals surface area (Å²) in [5, 5.41) is 8.52. The zero-order valence-corrected chi connectivity index (χ0v) is 11.9. The van der Waals surface area contributed by atoms with Crippen LogP contribution in [0.1, 0.15) is 16.2 Å². The van der Waals surface area contributed by atoms with Crippen LogP contribution >= 0.6 is 11.6 Å². The van der Waals surface area contributed by atoms with E-state index < -0.39 is 0 Å². The number of aryl methyl sites for hydroxylation is 1. The molecule has 0 saturated carbocycles. The predicted octanol–water partition coefficient (Wildman–Crippen LogP) is 1.06. The van der Waals surface area contributed by atoms with Crippen molar-refractivity contribution in [3.8, 4) is 0 Å². The number of nitrogens with zero attached hydrogens (tertiary/aromatic N) is 5. The first kappa shape index (κ1) is 13.8. The van der Waals surface area contributed by atoms with Gasteiger partial charge in [0.05, 0.1) is 17.8 Å². The molecule has 0 aliphatic rings. The lowest BCUT2D eigenvalue weighted by Gasteiger charge is -2.11. The Bertz CT molecular complexity index is 587. The maximum absolute atomic E-state index is 12.5. The molecule has 0 N–H and O–H groups in total. The quantitative estimate of drug-likeness (QED) is 0.769. The first-order valence-electron chi connectivity index (χ1n) is 5.89. The second kappa shape index (κ2) is 5.54. The van der Waals surface area contributed by atoms with Gasteiger partial charge in [-0.05, 0) is 20.2 Å². The van der Waals surface area contributed by atoms with E-state index in [-0.39, 0.29) is 5.78 Å². The summed E-state index contributed by atoms with van der Waals surface area (Å²) in [5.74, 6) is -0.166. The molecule has 0 unspecified atom stereocenters. The van der Waals surface area contributed by atoms with E-state index in [1.54, 1.807) is 24.0 Å². The average molecular weight is 282 g/mol. The van der Waals surface area contributed by atoms with E-state index in [0.717, 1.165) is 6.54 Å². The van der Waals surface area contributed by atoms with Gasteiger partial charge >= 0.3 is 0 Å². The molecule has 0 amide bonds. The van der Waals surface area contributed by atoms with Gasteiger partial charge in [0.15, 0.2) is 0 Å². The van der Waals surface area contributed by atoms with Crippen molar-refractivity contribution in [2.24, 2.45) is 7.05 Å². The predicted molar refractivity (Wildman–Crippen MR) is 72.4 cm³/mol. The zero-order chi connectivity index (χ0) is 14.0. The Hall–Kier alpha value is -1.66. The second-order valence-corrected chi connectivity index (χ2v) is 4.94. The zero-order valence-electron chi connectivity index (χ0n) is 11.2. The third-order valence-corrected chi connectivity index (χ3v) is 3.10. The van der Waals surface area contributed by atoms with E-state index in [1.807, 2.05) is 19.0 Å². The third-order valence-electron chi connectivity index (χ3n) is 2.82. The van der Waals surface area contributed by atoms with Crippen LogP contribution in [0.15, 0.2) is 18.5 Å². The van der Waals surface area contributed by atoms with Crippen molar-refractivity contribution in [2.75, 3.05) is 20.6 Å². The lowest BCUT2D eigenvalue weighted by atomic mass is 10.2. The van der Waals surface area contributed by atoms with Crippen molar-refractivity contribution in [1.82, 2.24) is 24.5 Å². The van der Waals surface area contributed by atoms with Crippen molar-refractivity contribution < 1.29 is 4.79 Å². The molecular formula is C12H16ClN5O. The molecule has 0 bridgehead atoms. The molecule has 19 heavy (non-hydrogen) atoms. The van der Waals surface area contributed by atoms with Gasteiger partial charge in [-0.2, -0.15) is 10.2 Å². The lowest BCUT2D eigenvalue weighted by molar-refractivity contribution is 0.101. The minimum atomic E-state index is -0.166. The minimum Gasteiger partial charge on any atom is -0.308 e. The molecule has 0 aliphatic carbocycles. The van der Waals surface area contributed by atoms with Crippen molar-refractivity contribution in [3.63, 3.8) is 0 Å². The second-order valence-electron chi connectivity index (χ2n) is 4.54. The molecule has 0 atom stereocenters. The van der Waals surface area contributed by atoms with E-state index in [0.29, 0.717) is 23.0 Å². The molecule has 0 fully saturated rings. The summed E-state index contributed by atoms with van der Waals surface area (Å²) in [5.41, 5.74) is 0.903. The summed E-state index contributed by atoms with van der Waals surface area (Å²) in [4.78, 5) is 14.5. The normalized spacial score (nSPS) is 11.2. The highest BCUT2D eigenvalue weighted by atomic mass is 35.5. The Morgan fingerprint density at radius 1 is 1.42 bits per heavy atom. The Balaban J connectivity index is 2.31. The van der Waals surface area contributed by atoms with Gasteiger partial charge in [-0.25, -0.2) is 0 Å². The topological polar surface area (TPSA) is 56.0 Å². The number of hydrogen-bond acceptors (Lipinski definition) is 4. The van der Waals surface area contributed by atoms with Crippen LogP contribution in [0, 0.1) is 0 Å². The first-order chi connectivity index (χ1) is 9.00. The molecule has 0 radical (unpaired) electrons. The highest BCUT2D eigenvalue weighted by molar-refractivity contribution is 6.34. The van der Waals surface area contributed by atoms with Crippen LogP contribution in [0.5, 0.6) is 0 Å². The van der Waals surface area contributed by atoms with Crippen LogP contribution in [-0.4, -0.2) is 50.9 Å². The van der Waals surface area contributed by atoms with Gasteiger partial charge in [0.25, 0.3) is 0 Å². The maximum atomic E-state index is 12.5. The van der Waals surface area contributed by atoms with E-state index in [9.17, 15) is 4.79 Å². The third kappa shape index (κ3) is 2.85. The average Bonchev–Trinajstić information content (AvgIpc) is 2.92. The van der Waals surface area contributed by atoms with Crippen LogP contribution in [-0.2, 0) is 13.6 Å². The van der Waals surface area contributed by atoms with E-state index >= 15 is 0 Å². The van der Waals surface area contributed by atoms with Crippen LogP contribution in [0.3, 0.4) is 0 Å². The van der Waals surface area contributed by atoms with Crippen LogP contribution in [0.4, 0.5) is 0 Å². The van der Waals surface area contributed by atoms with E-state index in [2.05, 4.69) is 10.2 Å². The van der Waals surface area contributed by atoms with Gasteiger partial charge in [-0.1, -0.05) is 11.6 Å². The smallest absolute Gasteiger partial charge is 0.230 e. The molecule has 2 aromatic heterocycles. The Labute approximate surface area is 116 Å².